The number of nitrogen functional groups attached to an aromatic ring is 1. The Balaban J connectivity index is 1.59. The lowest BCUT2D eigenvalue weighted by molar-refractivity contribution is -0.117. The molecule has 4 aromatic rings. The fourth-order valence-electron chi connectivity index (χ4n) is 3.21. The molecule has 0 aliphatic carbocycles. The van der Waals surface area contributed by atoms with E-state index in [0.717, 1.165) is 22.6 Å². The zero-order valence-corrected chi connectivity index (χ0v) is 18.5. The van der Waals surface area contributed by atoms with Gasteiger partial charge >= 0.3 is 0 Å². The summed E-state index contributed by atoms with van der Waals surface area (Å²) < 4.78 is 27.1. The topological polar surface area (TPSA) is 132 Å². The average molecular weight is 467 g/mol. The molecule has 32 heavy (non-hydrogen) atoms. The number of nitrogens with one attached hydrogen (secondary N) is 1. The van der Waals surface area contributed by atoms with E-state index < -0.39 is 15.9 Å². The second-order valence-electron chi connectivity index (χ2n) is 7.04. The van der Waals surface area contributed by atoms with E-state index in [4.69, 9.17) is 5.73 Å². The smallest absolute Gasteiger partial charge is 0.264 e. The van der Waals surface area contributed by atoms with Gasteiger partial charge in [-0.25, -0.2) is 23.1 Å². The molecule has 3 N–H and O–H groups in total. The highest BCUT2D eigenvalue weighted by Gasteiger charge is 2.18. The molecule has 0 atom stereocenters. The number of carbonyl (C=O) groups is 2. The number of carbonyl (C=O) groups excluding carboxylic acids is 2. The molecule has 0 radical (unpaired) electrons. The summed E-state index contributed by atoms with van der Waals surface area (Å²) in [6.07, 6.45) is 1.51. The van der Waals surface area contributed by atoms with Gasteiger partial charge in [-0.2, -0.15) is 0 Å². The lowest BCUT2D eigenvalue weighted by atomic mass is 10.1. The molecule has 10 heteroatoms. The minimum absolute atomic E-state index is 0.0307. The van der Waals surface area contributed by atoms with E-state index in [1.165, 1.54) is 24.3 Å². The summed E-state index contributed by atoms with van der Waals surface area (Å²) in [6.45, 7) is 1.11. The summed E-state index contributed by atoms with van der Waals surface area (Å²) in [5, 5.41) is 2.99. The molecule has 0 aliphatic heterocycles. The molecule has 2 aromatic carbocycles. The maximum absolute atomic E-state index is 12.9. The van der Waals surface area contributed by atoms with Crippen molar-refractivity contribution < 1.29 is 18.0 Å². The predicted molar refractivity (Wildman–Crippen MR) is 123 cm³/mol. The van der Waals surface area contributed by atoms with Crippen molar-refractivity contribution in [2.24, 2.45) is 0 Å². The number of Topliss-reactive ketones (excluding diaryl/α,β-unsaturated/α-hetero) is 1. The fourth-order valence-corrected chi connectivity index (χ4v) is 5.16. The molecule has 2 aromatic heterocycles. The van der Waals surface area contributed by atoms with Crippen LogP contribution in [0.25, 0.3) is 21.3 Å². The molecule has 8 nitrogen and oxygen atoms in total. The zero-order chi connectivity index (χ0) is 22.9. The summed E-state index contributed by atoms with van der Waals surface area (Å²) in [4.78, 5) is 32.5. The van der Waals surface area contributed by atoms with Gasteiger partial charge in [-0.1, -0.05) is 30.3 Å². The molecule has 0 saturated carbocycles. The third-order valence-corrected chi connectivity index (χ3v) is 7.11. The monoisotopic (exact) mass is 466 g/mol. The number of ketones is 1. The van der Waals surface area contributed by atoms with Crippen LogP contribution in [0, 0.1) is 0 Å². The lowest BCUT2D eigenvalue weighted by Gasteiger charge is -2.08. The Morgan fingerprint density at radius 1 is 1.09 bits per heavy atom. The number of anilines is 1. The first-order valence-corrected chi connectivity index (χ1v) is 11.9. The number of nitrogens with zero attached hydrogens (tertiary/aromatic N) is 2. The molecule has 0 fully saturated rings. The number of amides is 1. The number of thiophene rings is 1. The molecule has 0 unspecified atom stereocenters. The van der Waals surface area contributed by atoms with E-state index in [2.05, 4.69) is 9.97 Å². The van der Waals surface area contributed by atoms with E-state index in [1.54, 1.807) is 17.5 Å². The van der Waals surface area contributed by atoms with Crippen molar-refractivity contribution in [3.63, 3.8) is 0 Å². The van der Waals surface area contributed by atoms with Crippen molar-refractivity contribution in [1.29, 1.82) is 0 Å². The Morgan fingerprint density at radius 3 is 2.53 bits per heavy atom. The minimum Gasteiger partial charge on any atom is -0.382 e. The van der Waals surface area contributed by atoms with Crippen LogP contribution in [0.5, 0.6) is 0 Å². The maximum Gasteiger partial charge on any atom is 0.264 e. The van der Waals surface area contributed by atoms with E-state index >= 15 is 0 Å². The van der Waals surface area contributed by atoms with Gasteiger partial charge in [0.15, 0.2) is 11.6 Å². The fraction of sp³-hybridized carbons (Fsp3) is 0.0909. The summed E-state index contributed by atoms with van der Waals surface area (Å²) in [7, 11) is -3.94. The van der Waals surface area contributed by atoms with E-state index in [0.29, 0.717) is 11.3 Å². The van der Waals surface area contributed by atoms with Gasteiger partial charge in [-0.15, -0.1) is 11.3 Å². The van der Waals surface area contributed by atoms with E-state index in [9.17, 15) is 18.0 Å². The van der Waals surface area contributed by atoms with Gasteiger partial charge < -0.3 is 5.73 Å². The lowest BCUT2D eigenvalue weighted by Crippen LogP contribution is -2.28. The quantitative estimate of drug-likeness (QED) is 0.417. The zero-order valence-electron chi connectivity index (χ0n) is 16.9. The van der Waals surface area contributed by atoms with Gasteiger partial charge in [0.05, 0.1) is 16.8 Å². The molecule has 0 saturated heterocycles. The molecule has 162 valence electrons. The van der Waals surface area contributed by atoms with Crippen LogP contribution in [0.3, 0.4) is 0 Å². The van der Waals surface area contributed by atoms with E-state index in [1.807, 2.05) is 34.4 Å². The standard InChI is InChI=1S/C22H18N4O4S2/c1-13(27)26-32(29,30)15-8-6-14(7-9-15)10-19(28)21-22(23)24-11-18(25-21)17-12-31-20-5-3-2-4-16(17)20/h2-9,11-12H,10H2,1H3,(H2,23,24)(H,26,27). The van der Waals surface area contributed by atoms with Crippen LogP contribution in [-0.4, -0.2) is 30.1 Å². The van der Waals surface area contributed by atoms with Crippen molar-refractivity contribution in [2.75, 3.05) is 5.73 Å². The molecule has 1 amide bonds. The van der Waals surface area contributed by atoms with Crippen LogP contribution < -0.4 is 10.5 Å². The number of hydrogen-bond donors (Lipinski definition) is 2. The molecular weight excluding hydrogens is 448 g/mol. The third kappa shape index (κ3) is 4.36. The molecule has 4 rings (SSSR count). The Labute approximate surface area is 188 Å². The number of fused-ring (bicyclic) bond motifs is 1. The molecule has 2 heterocycles. The summed E-state index contributed by atoms with van der Waals surface area (Å²) in [5.74, 6) is -0.992. The van der Waals surface area contributed by atoms with Gasteiger partial charge in [-0.05, 0) is 23.8 Å². The maximum atomic E-state index is 12.9. The number of rotatable bonds is 6. The highest BCUT2D eigenvalue weighted by Crippen LogP contribution is 2.33. The predicted octanol–water partition coefficient (Wildman–Crippen LogP) is 3.19. The van der Waals surface area contributed by atoms with Crippen LogP contribution in [0.2, 0.25) is 0 Å². The number of nitrogens with two attached hydrogens (primary N) is 1. The summed E-state index contributed by atoms with van der Waals surface area (Å²) >= 11 is 1.58. The normalized spacial score (nSPS) is 11.4. The molecule has 0 bridgehead atoms. The summed E-state index contributed by atoms with van der Waals surface area (Å²) in [5.41, 5.74) is 7.99. The van der Waals surface area contributed by atoms with Crippen molar-refractivity contribution in [3.05, 3.63) is 71.4 Å². The SMILES string of the molecule is CC(=O)NS(=O)(=O)c1ccc(CC(=O)c2nc(-c3csc4ccccc34)cnc2N)cc1. The van der Waals surface area contributed by atoms with Crippen molar-refractivity contribution in [3.8, 4) is 11.3 Å². The van der Waals surface area contributed by atoms with Crippen LogP contribution in [0.4, 0.5) is 5.82 Å². The first-order chi connectivity index (χ1) is 15.2. The molecule has 0 spiro atoms. The Morgan fingerprint density at radius 2 is 1.81 bits per heavy atom. The Hall–Kier alpha value is -3.63. The number of sulfonamides is 1. The van der Waals surface area contributed by atoms with Crippen LogP contribution >= 0.6 is 11.3 Å². The van der Waals surface area contributed by atoms with Gasteiger partial charge in [-0.3, -0.25) is 9.59 Å². The number of benzene rings is 2. The largest absolute Gasteiger partial charge is 0.382 e. The van der Waals surface area contributed by atoms with Crippen molar-refractivity contribution in [1.82, 2.24) is 14.7 Å². The highest BCUT2D eigenvalue weighted by atomic mass is 32.2. The van der Waals surface area contributed by atoms with Gasteiger partial charge in [0.2, 0.25) is 5.91 Å². The second-order valence-corrected chi connectivity index (χ2v) is 9.63. The number of aromatic nitrogens is 2. The third-order valence-electron chi connectivity index (χ3n) is 4.70. The van der Waals surface area contributed by atoms with Gasteiger partial charge in [0, 0.05) is 34.4 Å². The first kappa shape index (κ1) is 21.6. The van der Waals surface area contributed by atoms with Gasteiger partial charge in [0.1, 0.15) is 5.69 Å². The van der Waals surface area contributed by atoms with Crippen molar-refractivity contribution in [2.45, 2.75) is 18.2 Å². The summed E-state index contributed by atoms with van der Waals surface area (Å²) in [6, 6.07) is 13.6. The first-order valence-electron chi connectivity index (χ1n) is 9.49. The average Bonchev–Trinajstić information content (AvgIpc) is 3.18. The molecular formula is C22H18N4O4S2. The van der Waals surface area contributed by atoms with E-state index in [-0.39, 0.29) is 28.6 Å². The van der Waals surface area contributed by atoms with Crippen LogP contribution in [0.1, 0.15) is 23.0 Å². The Kier molecular flexibility index (Phi) is 5.72. The second kappa shape index (κ2) is 8.48. The van der Waals surface area contributed by atoms with Crippen LogP contribution in [-0.2, 0) is 21.2 Å². The molecule has 0 aliphatic rings. The number of hydrogen-bond acceptors (Lipinski definition) is 8. The Bertz CT molecular complexity index is 1440. The highest BCUT2D eigenvalue weighted by molar-refractivity contribution is 7.90. The van der Waals surface area contributed by atoms with Gasteiger partial charge in [0.25, 0.3) is 10.0 Å². The van der Waals surface area contributed by atoms with Crippen molar-refractivity contribution >= 4 is 49.0 Å². The van der Waals surface area contributed by atoms with Crippen LogP contribution in [0.15, 0.2) is 65.0 Å². The minimum atomic E-state index is -3.94.